The summed E-state index contributed by atoms with van der Waals surface area (Å²) in [6.07, 6.45) is 1.91. The lowest BCUT2D eigenvalue weighted by atomic mass is 10.1. The molecule has 0 saturated heterocycles. The number of aromatic nitrogens is 3. The van der Waals surface area contributed by atoms with Crippen LogP contribution in [0, 0.1) is 25.2 Å². The van der Waals surface area contributed by atoms with E-state index < -0.39 is 0 Å². The summed E-state index contributed by atoms with van der Waals surface area (Å²) in [5.41, 5.74) is 5.80. The first kappa shape index (κ1) is 14.2. The summed E-state index contributed by atoms with van der Waals surface area (Å²) in [5, 5.41) is 9.51. The third kappa shape index (κ3) is 2.31. The molecule has 3 rings (SSSR count). The van der Waals surface area contributed by atoms with Gasteiger partial charge in [-0.1, -0.05) is 12.1 Å². The number of rotatable bonds is 3. The van der Waals surface area contributed by atoms with Gasteiger partial charge in [0.05, 0.1) is 16.6 Å². The van der Waals surface area contributed by atoms with Crippen LogP contribution in [0.1, 0.15) is 29.7 Å². The van der Waals surface area contributed by atoms with Crippen molar-refractivity contribution in [3.05, 3.63) is 53.1 Å². The Morgan fingerprint density at radius 1 is 1.36 bits per heavy atom. The Hall–Kier alpha value is -2.80. The van der Waals surface area contributed by atoms with Gasteiger partial charge in [0.1, 0.15) is 11.9 Å². The van der Waals surface area contributed by atoms with Crippen LogP contribution in [0.2, 0.25) is 0 Å². The number of aryl methyl sites for hydroxylation is 1. The third-order valence-corrected chi connectivity index (χ3v) is 3.99. The minimum absolute atomic E-state index is 0.549. The zero-order valence-corrected chi connectivity index (χ0v) is 13.0. The maximum atomic E-state index is 9.51. The molecular formula is C18H18N4. The number of hydrogen-bond donors (Lipinski definition) is 1. The van der Waals surface area contributed by atoms with Gasteiger partial charge >= 0.3 is 0 Å². The average molecular weight is 290 g/mol. The number of fused-ring (bicyclic) bond motifs is 1. The van der Waals surface area contributed by atoms with E-state index in [2.05, 4.69) is 47.4 Å². The molecule has 0 aliphatic heterocycles. The highest BCUT2D eigenvalue weighted by atomic mass is 15.0. The predicted molar refractivity (Wildman–Crippen MR) is 89.2 cm³/mol. The molecule has 0 fully saturated rings. The van der Waals surface area contributed by atoms with Gasteiger partial charge in [-0.2, -0.15) is 5.26 Å². The lowest BCUT2D eigenvalue weighted by Gasteiger charge is -2.04. The summed E-state index contributed by atoms with van der Waals surface area (Å²) in [7, 11) is 0. The minimum Gasteiger partial charge on any atom is -0.349 e. The molecule has 2 aromatic heterocycles. The first-order valence-corrected chi connectivity index (χ1v) is 7.37. The largest absolute Gasteiger partial charge is 0.349 e. The summed E-state index contributed by atoms with van der Waals surface area (Å²) in [5.74, 6) is 0.616. The fraction of sp³-hybridized carbons (Fsp3) is 0.222. The van der Waals surface area contributed by atoms with E-state index in [0.717, 1.165) is 23.1 Å². The van der Waals surface area contributed by atoms with Crippen molar-refractivity contribution in [3.63, 3.8) is 0 Å². The van der Waals surface area contributed by atoms with Crippen LogP contribution in [-0.4, -0.2) is 14.5 Å². The third-order valence-electron chi connectivity index (χ3n) is 3.99. The van der Waals surface area contributed by atoms with E-state index in [9.17, 15) is 5.26 Å². The lowest BCUT2D eigenvalue weighted by molar-refractivity contribution is 0.718. The number of nitriles is 1. The standard InChI is InChI=1S/C18H18N4/c1-4-22-12(2)9-14(13(22)3)10-15(11-19)18-20-16-7-5-6-8-17(16)21-18/h5-10H,4H2,1-3H3,(H,20,21). The SMILES string of the molecule is CCn1c(C)cc(C=C(C#N)c2nc3ccccc3[nH]2)c1C. The van der Waals surface area contributed by atoms with E-state index in [0.29, 0.717) is 11.4 Å². The highest BCUT2D eigenvalue weighted by Gasteiger charge is 2.11. The Morgan fingerprint density at radius 3 is 2.77 bits per heavy atom. The molecule has 0 amide bonds. The number of nitrogens with one attached hydrogen (secondary N) is 1. The molecule has 110 valence electrons. The maximum Gasteiger partial charge on any atom is 0.149 e. The molecule has 2 heterocycles. The molecule has 0 aliphatic carbocycles. The van der Waals surface area contributed by atoms with Crippen LogP contribution >= 0.6 is 0 Å². The van der Waals surface area contributed by atoms with Gasteiger partial charge in [0.15, 0.2) is 0 Å². The number of nitrogens with zero attached hydrogens (tertiary/aromatic N) is 3. The lowest BCUT2D eigenvalue weighted by Crippen LogP contribution is -1.98. The average Bonchev–Trinajstić information content (AvgIpc) is 3.05. The van der Waals surface area contributed by atoms with Gasteiger partial charge in [0.25, 0.3) is 0 Å². The number of para-hydroxylation sites is 2. The van der Waals surface area contributed by atoms with Crippen molar-refractivity contribution in [1.29, 1.82) is 5.26 Å². The fourth-order valence-corrected chi connectivity index (χ4v) is 2.85. The van der Waals surface area contributed by atoms with Gasteiger partial charge in [0.2, 0.25) is 0 Å². The Balaban J connectivity index is 2.09. The van der Waals surface area contributed by atoms with Crippen molar-refractivity contribution in [1.82, 2.24) is 14.5 Å². The van der Waals surface area contributed by atoms with E-state index >= 15 is 0 Å². The van der Waals surface area contributed by atoms with Crippen molar-refractivity contribution in [2.45, 2.75) is 27.3 Å². The second-order valence-electron chi connectivity index (χ2n) is 5.34. The summed E-state index contributed by atoms with van der Waals surface area (Å²) in [4.78, 5) is 7.72. The van der Waals surface area contributed by atoms with Crippen LogP contribution in [-0.2, 0) is 6.54 Å². The van der Waals surface area contributed by atoms with Crippen LogP contribution in [0.15, 0.2) is 30.3 Å². The second kappa shape index (κ2) is 5.53. The molecule has 0 unspecified atom stereocenters. The second-order valence-corrected chi connectivity index (χ2v) is 5.34. The van der Waals surface area contributed by atoms with Gasteiger partial charge in [-0.3, -0.25) is 0 Å². The Bertz CT molecular complexity index is 870. The van der Waals surface area contributed by atoms with Gasteiger partial charge in [0, 0.05) is 17.9 Å². The molecule has 4 heteroatoms. The molecule has 0 radical (unpaired) electrons. The van der Waals surface area contributed by atoms with Crippen LogP contribution in [0.5, 0.6) is 0 Å². The summed E-state index contributed by atoms with van der Waals surface area (Å²) < 4.78 is 2.24. The summed E-state index contributed by atoms with van der Waals surface area (Å²) in [6, 6.07) is 12.2. The number of hydrogen-bond acceptors (Lipinski definition) is 2. The number of allylic oxidation sites excluding steroid dienone is 1. The topological polar surface area (TPSA) is 57.4 Å². The molecule has 0 atom stereocenters. The summed E-state index contributed by atoms with van der Waals surface area (Å²) >= 11 is 0. The number of benzene rings is 1. The van der Waals surface area contributed by atoms with Crippen molar-refractivity contribution >= 4 is 22.7 Å². The zero-order chi connectivity index (χ0) is 15.7. The monoisotopic (exact) mass is 290 g/mol. The number of aromatic amines is 1. The molecule has 0 aliphatic rings. The molecule has 22 heavy (non-hydrogen) atoms. The van der Waals surface area contributed by atoms with E-state index in [1.807, 2.05) is 30.3 Å². The van der Waals surface area contributed by atoms with Crippen LogP contribution < -0.4 is 0 Å². The van der Waals surface area contributed by atoms with Crippen LogP contribution in [0.3, 0.4) is 0 Å². The Morgan fingerprint density at radius 2 is 2.14 bits per heavy atom. The molecule has 0 bridgehead atoms. The normalized spacial score (nSPS) is 11.8. The molecule has 1 N–H and O–H groups in total. The van der Waals surface area contributed by atoms with E-state index in [4.69, 9.17) is 0 Å². The predicted octanol–water partition coefficient (Wildman–Crippen LogP) is 4.07. The molecule has 4 nitrogen and oxygen atoms in total. The molecular weight excluding hydrogens is 272 g/mol. The first-order chi connectivity index (χ1) is 10.6. The molecule has 0 spiro atoms. The van der Waals surface area contributed by atoms with E-state index in [1.54, 1.807) is 0 Å². The smallest absolute Gasteiger partial charge is 0.149 e. The fourth-order valence-electron chi connectivity index (χ4n) is 2.85. The van der Waals surface area contributed by atoms with E-state index in [-0.39, 0.29) is 0 Å². The number of imidazole rings is 1. The van der Waals surface area contributed by atoms with Gasteiger partial charge < -0.3 is 9.55 Å². The van der Waals surface area contributed by atoms with Gasteiger partial charge in [-0.05, 0) is 50.6 Å². The Labute approximate surface area is 129 Å². The highest BCUT2D eigenvalue weighted by molar-refractivity contribution is 5.90. The number of H-pyrrole nitrogens is 1. The molecule has 1 aromatic carbocycles. The van der Waals surface area contributed by atoms with Crippen LogP contribution in [0.4, 0.5) is 0 Å². The molecule has 3 aromatic rings. The quantitative estimate of drug-likeness (QED) is 0.739. The van der Waals surface area contributed by atoms with Crippen molar-refractivity contribution in [2.75, 3.05) is 0 Å². The van der Waals surface area contributed by atoms with E-state index in [1.165, 1.54) is 11.4 Å². The minimum atomic E-state index is 0.549. The Kier molecular flexibility index (Phi) is 3.56. The zero-order valence-electron chi connectivity index (χ0n) is 13.0. The first-order valence-electron chi connectivity index (χ1n) is 7.37. The highest BCUT2D eigenvalue weighted by Crippen LogP contribution is 2.22. The van der Waals surface area contributed by atoms with Gasteiger partial charge in [-0.15, -0.1) is 0 Å². The maximum absolute atomic E-state index is 9.51. The van der Waals surface area contributed by atoms with Crippen molar-refractivity contribution in [3.8, 4) is 6.07 Å². The summed E-state index contributed by atoms with van der Waals surface area (Å²) in [6.45, 7) is 7.22. The molecule has 0 saturated carbocycles. The van der Waals surface area contributed by atoms with Crippen molar-refractivity contribution in [2.24, 2.45) is 0 Å². The van der Waals surface area contributed by atoms with Gasteiger partial charge in [-0.25, -0.2) is 4.98 Å². The van der Waals surface area contributed by atoms with Crippen LogP contribution in [0.25, 0.3) is 22.7 Å². The van der Waals surface area contributed by atoms with Crippen molar-refractivity contribution < 1.29 is 0 Å².